The van der Waals surface area contributed by atoms with Crippen LogP contribution in [0.15, 0.2) is 18.2 Å². The van der Waals surface area contributed by atoms with Gasteiger partial charge in [-0.15, -0.1) is 0 Å². The van der Waals surface area contributed by atoms with Gasteiger partial charge in [-0.2, -0.15) is 0 Å². The maximum Gasteiger partial charge on any atom is 0.163 e. The van der Waals surface area contributed by atoms with Crippen molar-refractivity contribution >= 4 is 0 Å². The van der Waals surface area contributed by atoms with Crippen LogP contribution in [0.4, 0.5) is 8.78 Å². The number of nitrogens with two attached hydrogens (primary N) is 1. The molecule has 0 saturated heterocycles. The monoisotopic (exact) mass is 227 g/mol. The Bertz CT molecular complexity index is 379. The van der Waals surface area contributed by atoms with E-state index >= 15 is 0 Å². The third-order valence-corrected chi connectivity index (χ3v) is 3.34. The van der Waals surface area contributed by atoms with Gasteiger partial charge in [-0.25, -0.2) is 8.78 Å². The van der Waals surface area contributed by atoms with E-state index in [0.29, 0.717) is 0 Å². The van der Waals surface area contributed by atoms with Crippen LogP contribution in [0.25, 0.3) is 0 Å². The smallest absolute Gasteiger partial charge is 0.163 e. The number of aliphatic hydroxyl groups is 1. The van der Waals surface area contributed by atoms with Crippen molar-refractivity contribution in [3.63, 3.8) is 0 Å². The van der Waals surface area contributed by atoms with Gasteiger partial charge in [0.05, 0.1) is 12.1 Å². The van der Waals surface area contributed by atoms with Crippen LogP contribution < -0.4 is 5.73 Å². The molecule has 1 aliphatic rings. The molecule has 0 radical (unpaired) electrons. The Labute approximate surface area is 93.1 Å². The summed E-state index contributed by atoms with van der Waals surface area (Å²) in [6.07, 6.45) is 2.10. The fourth-order valence-electron chi connectivity index (χ4n) is 2.04. The lowest BCUT2D eigenvalue weighted by atomic mass is 9.77. The Morgan fingerprint density at radius 3 is 2.56 bits per heavy atom. The van der Waals surface area contributed by atoms with E-state index in [1.807, 2.05) is 0 Å². The fraction of sp³-hybridized carbons (Fsp3) is 0.500. The normalized spacial score (nSPS) is 20.2. The minimum atomic E-state index is -0.951. The number of rotatable bonds is 3. The molecule has 0 spiro atoms. The van der Waals surface area contributed by atoms with E-state index in [2.05, 4.69) is 0 Å². The molecule has 1 aromatic carbocycles. The second-order valence-corrected chi connectivity index (χ2v) is 4.35. The standard InChI is InChI=1S/C12H15F2NO/c13-9-6-2-5-8(10(9)14)11(15)12(16)7-3-1-4-7/h2,5-7,11-12,16H,1,3-4,15H2/t11-,12+/m1/s1. The number of benzene rings is 1. The topological polar surface area (TPSA) is 46.2 Å². The molecular formula is C12H15F2NO. The second kappa shape index (κ2) is 4.47. The first-order valence-electron chi connectivity index (χ1n) is 5.49. The summed E-state index contributed by atoms with van der Waals surface area (Å²) < 4.78 is 26.4. The number of hydrogen-bond donors (Lipinski definition) is 2. The molecule has 0 aromatic heterocycles. The van der Waals surface area contributed by atoms with E-state index < -0.39 is 23.8 Å². The van der Waals surface area contributed by atoms with E-state index in [1.54, 1.807) is 0 Å². The van der Waals surface area contributed by atoms with E-state index in [0.717, 1.165) is 25.3 Å². The molecule has 0 bridgehead atoms. The van der Waals surface area contributed by atoms with Gasteiger partial charge in [0, 0.05) is 5.56 Å². The van der Waals surface area contributed by atoms with Gasteiger partial charge >= 0.3 is 0 Å². The van der Waals surface area contributed by atoms with E-state index in [-0.39, 0.29) is 11.5 Å². The molecule has 1 aliphatic carbocycles. The fourth-order valence-corrected chi connectivity index (χ4v) is 2.04. The lowest BCUT2D eigenvalue weighted by molar-refractivity contribution is 0.0403. The maximum atomic E-state index is 13.4. The predicted octanol–water partition coefficient (Wildman–Crippen LogP) is 2.13. The molecule has 16 heavy (non-hydrogen) atoms. The lowest BCUT2D eigenvalue weighted by Crippen LogP contribution is -2.37. The Kier molecular flexibility index (Phi) is 3.21. The highest BCUT2D eigenvalue weighted by Crippen LogP contribution is 2.34. The zero-order valence-corrected chi connectivity index (χ0v) is 8.87. The van der Waals surface area contributed by atoms with Gasteiger partial charge < -0.3 is 10.8 Å². The Balaban J connectivity index is 2.19. The summed E-state index contributed by atoms with van der Waals surface area (Å²) in [5, 5.41) is 9.89. The molecule has 0 amide bonds. The van der Waals surface area contributed by atoms with Crippen molar-refractivity contribution in [1.82, 2.24) is 0 Å². The molecule has 1 saturated carbocycles. The zero-order chi connectivity index (χ0) is 11.7. The van der Waals surface area contributed by atoms with Crippen molar-refractivity contribution in [2.24, 2.45) is 11.7 Å². The molecule has 4 heteroatoms. The van der Waals surface area contributed by atoms with Crippen LogP contribution in [0.5, 0.6) is 0 Å². The molecule has 1 aromatic rings. The van der Waals surface area contributed by atoms with Crippen molar-refractivity contribution in [2.75, 3.05) is 0 Å². The summed E-state index contributed by atoms with van der Waals surface area (Å²) >= 11 is 0. The van der Waals surface area contributed by atoms with Crippen LogP contribution in [-0.2, 0) is 0 Å². The molecule has 0 unspecified atom stereocenters. The van der Waals surface area contributed by atoms with Gasteiger partial charge in [-0.05, 0) is 24.8 Å². The van der Waals surface area contributed by atoms with E-state index in [1.165, 1.54) is 12.1 Å². The average molecular weight is 227 g/mol. The molecule has 0 aliphatic heterocycles. The summed E-state index contributed by atoms with van der Waals surface area (Å²) in [5.74, 6) is -1.75. The molecule has 0 heterocycles. The first-order valence-corrected chi connectivity index (χ1v) is 5.49. The van der Waals surface area contributed by atoms with E-state index in [4.69, 9.17) is 5.73 Å². The highest BCUT2D eigenvalue weighted by molar-refractivity contribution is 5.23. The van der Waals surface area contributed by atoms with Gasteiger partial charge in [-0.1, -0.05) is 18.6 Å². The minimum absolute atomic E-state index is 0.0550. The van der Waals surface area contributed by atoms with Crippen LogP contribution in [0.2, 0.25) is 0 Å². The third kappa shape index (κ3) is 1.95. The quantitative estimate of drug-likeness (QED) is 0.830. The van der Waals surface area contributed by atoms with E-state index in [9.17, 15) is 13.9 Å². The van der Waals surface area contributed by atoms with Crippen molar-refractivity contribution in [3.8, 4) is 0 Å². The number of hydrogen-bond acceptors (Lipinski definition) is 2. The van der Waals surface area contributed by atoms with Crippen LogP contribution in [0.3, 0.4) is 0 Å². The maximum absolute atomic E-state index is 13.4. The molecule has 2 nitrogen and oxygen atoms in total. The summed E-state index contributed by atoms with van der Waals surface area (Å²) in [7, 11) is 0. The van der Waals surface area contributed by atoms with Crippen molar-refractivity contribution in [1.29, 1.82) is 0 Å². The predicted molar refractivity (Wildman–Crippen MR) is 56.6 cm³/mol. The van der Waals surface area contributed by atoms with Gasteiger partial charge in [0.25, 0.3) is 0 Å². The van der Waals surface area contributed by atoms with Crippen molar-refractivity contribution < 1.29 is 13.9 Å². The van der Waals surface area contributed by atoms with Crippen LogP contribution in [0.1, 0.15) is 30.9 Å². The van der Waals surface area contributed by atoms with Crippen molar-refractivity contribution in [2.45, 2.75) is 31.4 Å². The van der Waals surface area contributed by atoms with Gasteiger partial charge in [-0.3, -0.25) is 0 Å². The minimum Gasteiger partial charge on any atom is -0.391 e. The molecular weight excluding hydrogens is 212 g/mol. The number of halogens is 2. The Morgan fingerprint density at radius 1 is 1.31 bits per heavy atom. The highest BCUT2D eigenvalue weighted by Gasteiger charge is 2.32. The number of aliphatic hydroxyl groups excluding tert-OH is 1. The third-order valence-electron chi connectivity index (χ3n) is 3.34. The van der Waals surface area contributed by atoms with Crippen LogP contribution >= 0.6 is 0 Å². The molecule has 2 atom stereocenters. The first kappa shape index (κ1) is 11.5. The van der Waals surface area contributed by atoms with Gasteiger partial charge in [0.1, 0.15) is 0 Å². The Hall–Kier alpha value is -1.00. The summed E-state index contributed by atoms with van der Waals surface area (Å²) in [4.78, 5) is 0. The SMILES string of the molecule is N[C@H](c1cccc(F)c1F)[C@@H](O)C1CCC1. The van der Waals surface area contributed by atoms with Gasteiger partial charge in [0.2, 0.25) is 0 Å². The molecule has 3 N–H and O–H groups in total. The zero-order valence-electron chi connectivity index (χ0n) is 8.87. The summed E-state index contributed by atoms with van der Waals surface area (Å²) in [5.41, 5.74) is 5.82. The second-order valence-electron chi connectivity index (χ2n) is 4.35. The van der Waals surface area contributed by atoms with Crippen LogP contribution in [-0.4, -0.2) is 11.2 Å². The molecule has 2 rings (SSSR count). The Morgan fingerprint density at radius 2 is 2.00 bits per heavy atom. The largest absolute Gasteiger partial charge is 0.391 e. The highest BCUT2D eigenvalue weighted by atomic mass is 19.2. The van der Waals surface area contributed by atoms with Gasteiger partial charge in [0.15, 0.2) is 11.6 Å². The van der Waals surface area contributed by atoms with Crippen molar-refractivity contribution in [3.05, 3.63) is 35.4 Å². The molecule has 88 valence electrons. The summed E-state index contributed by atoms with van der Waals surface area (Å²) in [6, 6.07) is 3.02. The lowest BCUT2D eigenvalue weighted by Gasteiger charge is -2.33. The first-order chi connectivity index (χ1) is 7.61. The molecule has 1 fully saturated rings. The van der Waals surface area contributed by atoms with Crippen LogP contribution in [0, 0.1) is 17.6 Å². The average Bonchev–Trinajstić information content (AvgIpc) is 2.18. The summed E-state index contributed by atoms with van der Waals surface area (Å²) in [6.45, 7) is 0.